The average molecular weight is 252 g/mol. The van der Waals surface area contributed by atoms with Crippen molar-refractivity contribution < 1.29 is 0 Å². The van der Waals surface area contributed by atoms with Gasteiger partial charge >= 0.3 is 0 Å². The van der Waals surface area contributed by atoms with Gasteiger partial charge in [-0.25, -0.2) is 0 Å². The molecule has 1 saturated heterocycles. The van der Waals surface area contributed by atoms with Gasteiger partial charge in [-0.1, -0.05) is 39.5 Å². The molecule has 0 amide bonds. The minimum atomic E-state index is 0.781. The summed E-state index contributed by atoms with van der Waals surface area (Å²) in [5, 5.41) is 7.66. The van der Waals surface area contributed by atoms with Crippen LogP contribution < -0.4 is 10.6 Å². The lowest BCUT2D eigenvalue weighted by Gasteiger charge is -2.40. The Morgan fingerprint density at radius 3 is 2.61 bits per heavy atom. The molecule has 4 unspecified atom stereocenters. The first-order valence-corrected chi connectivity index (χ1v) is 8.28. The molecule has 0 aromatic rings. The molecule has 2 rings (SSSR count). The summed E-state index contributed by atoms with van der Waals surface area (Å²) in [6.45, 7) is 7.13. The molecule has 2 nitrogen and oxygen atoms in total. The first-order chi connectivity index (χ1) is 8.81. The predicted molar refractivity (Wildman–Crippen MR) is 78.8 cm³/mol. The number of hydrogen-bond acceptors (Lipinski definition) is 2. The smallest absolute Gasteiger partial charge is 0.0110 e. The van der Waals surface area contributed by atoms with E-state index in [1.807, 2.05) is 0 Å². The van der Waals surface area contributed by atoms with Crippen LogP contribution >= 0.6 is 0 Å². The molecule has 4 atom stereocenters. The highest BCUT2D eigenvalue weighted by atomic mass is 15.0. The Morgan fingerprint density at radius 1 is 1.11 bits per heavy atom. The molecule has 0 aromatic carbocycles. The second kappa shape index (κ2) is 7.49. The van der Waals surface area contributed by atoms with E-state index in [4.69, 9.17) is 0 Å². The lowest BCUT2D eigenvalue weighted by atomic mass is 9.77. The number of piperidine rings is 1. The summed E-state index contributed by atoms with van der Waals surface area (Å²) >= 11 is 0. The molecule has 0 aromatic heterocycles. The van der Waals surface area contributed by atoms with Gasteiger partial charge < -0.3 is 10.6 Å². The summed E-state index contributed by atoms with van der Waals surface area (Å²) in [5.41, 5.74) is 0. The lowest BCUT2D eigenvalue weighted by Crippen LogP contribution is -2.51. The van der Waals surface area contributed by atoms with E-state index in [9.17, 15) is 0 Å². The Bertz CT molecular complexity index is 223. The number of rotatable bonds is 5. The van der Waals surface area contributed by atoms with Gasteiger partial charge in [0.25, 0.3) is 0 Å². The van der Waals surface area contributed by atoms with E-state index in [0.29, 0.717) is 0 Å². The van der Waals surface area contributed by atoms with Crippen molar-refractivity contribution in [1.82, 2.24) is 10.6 Å². The predicted octanol–water partition coefficient (Wildman–Crippen LogP) is 3.32. The summed E-state index contributed by atoms with van der Waals surface area (Å²) in [4.78, 5) is 0. The fourth-order valence-electron chi connectivity index (χ4n) is 3.64. The Kier molecular flexibility index (Phi) is 5.97. The molecule has 2 aliphatic rings. The highest BCUT2D eigenvalue weighted by Crippen LogP contribution is 2.30. The van der Waals surface area contributed by atoms with E-state index in [2.05, 4.69) is 24.5 Å². The normalized spacial score (nSPS) is 35.3. The van der Waals surface area contributed by atoms with Crippen LogP contribution in [-0.4, -0.2) is 25.2 Å². The number of hydrogen-bond donors (Lipinski definition) is 2. The van der Waals surface area contributed by atoms with Crippen molar-refractivity contribution in [2.75, 3.05) is 13.1 Å². The molecule has 0 spiro atoms. The second-order valence-electron chi connectivity index (χ2n) is 6.53. The second-order valence-corrected chi connectivity index (χ2v) is 6.53. The van der Waals surface area contributed by atoms with E-state index in [1.165, 1.54) is 64.5 Å². The highest BCUT2D eigenvalue weighted by Gasteiger charge is 2.32. The van der Waals surface area contributed by atoms with Crippen LogP contribution in [0.4, 0.5) is 0 Å². The quantitative estimate of drug-likeness (QED) is 0.784. The van der Waals surface area contributed by atoms with E-state index < -0.39 is 0 Å². The molecule has 1 saturated carbocycles. The third kappa shape index (κ3) is 3.96. The molecule has 2 heteroatoms. The van der Waals surface area contributed by atoms with Gasteiger partial charge in [0.2, 0.25) is 0 Å². The van der Waals surface area contributed by atoms with E-state index in [-0.39, 0.29) is 0 Å². The summed E-state index contributed by atoms with van der Waals surface area (Å²) in [6.07, 6.45) is 11.2. The standard InChI is InChI=1S/C16H32N2/c1-3-13(2)12-18-16-9-5-4-8-14(16)15-10-6-7-11-17-15/h13-18H,3-12H2,1-2H3. The van der Waals surface area contributed by atoms with Gasteiger partial charge in [-0.05, 0) is 50.6 Å². The van der Waals surface area contributed by atoms with E-state index in [0.717, 1.165) is 23.9 Å². The molecular weight excluding hydrogens is 220 g/mol. The minimum absolute atomic E-state index is 0.781. The van der Waals surface area contributed by atoms with Crippen LogP contribution in [0.1, 0.15) is 65.2 Å². The van der Waals surface area contributed by atoms with Gasteiger partial charge in [-0.15, -0.1) is 0 Å². The van der Waals surface area contributed by atoms with Crippen molar-refractivity contribution in [3.05, 3.63) is 0 Å². The molecule has 0 bridgehead atoms. The topological polar surface area (TPSA) is 24.1 Å². The Balaban J connectivity index is 1.84. The lowest BCUT2D eigenvalue weighted by molar-refractivity contribution is 0.178. The Morgan fingerprint density at radius 2 is 1.89 bits per heavy atom. The van der Waals surface area contributed by atoms with E-state index >= 15 is 0 Å². The largest absolute Gasteiger partial charge is 0.314 e. The van der Waals surface area contributed by atoms with Crippen LogP contribution in [-0.2, 0) is 0 Å². The summed E-state index contributed by atoms with van der Waals surface area (Å²) in [6, 6.07) is 1.58. The van der Waals surface area contributed by atoms with Crippen LogP contribution in [0.15, 0.2) is 0 Å². The molecular formula is C16H32N2. The molecule has 2 N–H and O–H groups in total. The van der Waals surface area contributed by atoms with Crippen molar-refractivity contribution in [3.8, 4) is 0 Å². The zero-order valence-electron chi connectivity index (χ0n) is 12.4. The van der Waals surface area contributed by atoms with Crippen LogP contribution in [0, 0.1) is 11.8 Å². The van der Waals surface area contributed by atoms with Gasteiger partial charge in [0.1, 0.15) is 0 Å². The van der Waals surface area contributed by atoms with Crippen molar-refractivity contribution >= 4 is 0 Å². The molecule has 1 aliphatic heterocycles. The zero-order valence-corrected chi connectivity index (χ0v) is 12.4. The molecule has 0 radical (unpaired) electrons. The number of nitrogens with one attached hydrogen (secondary N) is 2. The maximum Gasteiger partial charge on any atom is 0.0110 e. The SMILES string of the molecule is CCC(C)CNC1CCCCC1C1CCCCN1. The van der Waals surface area contributed by atoms with Crippen molar-refractivity contribution in [2.45, 2.75) is 77.3 Å². The van der Waals surface area contributed by atoms with Gasteiger partial charge in [0.05, 0.1) is 0 Å². The highest BCUT2D eigenvalue weighted by molar-refractivity contribution is 4.90. The van der Waals surface area contributed by atoms with Gasteiger partial charge in [0, 0.05) is 12.1 Å². The van der Waals surface area contributed by atoms with Crippen LogP contribution in [0.5, 0.6) is 0 Å². The average Bonchev–Trinajstić information content (AvgIpc) is 2.46. The summed E-state index contributed by atoms with van der Waals surface area (Å²) in [7, 11) is 0. The Labute approximate surface area is 113 Å². The van der Waals surface area contributed by atoms with E-state index in [1.54, 1.807) is 0 Å². The minimum Gasteiger partial charge on any atom is -0.314 e. The molecule has 106 valence electrons. The summed E-state index contributed by atoms with van der Waals surface area (Å²) < 4.78 is 0. The molecule has 18 heavy (non-hydrogen) atoms. The fraction of sp³-hybridized carbons (Fsp3) is 1.00. The summed E-state index contributed by atoms with van der Waals surface area (Å²) in [5.74, 6) is 1.72. The van der Waals surface area contributed by atoms with Crippen molar-refractivity contribution in [3.63, 3.8) is 0 Å². The first-order valence-electron chi connectivity index (χ1n) is 8.28. The van der Waals surface area contributed by atoms with Gasteiger partial charge in [0.15, 0.2) is 0 Å². The maximum atomic E-state index is 3.88. The molecule has 2 fully saturated rings. The van der Waals surface area contributed by atoms with Crippen LogP contribution in [0.2, 0.25) is 0 Å². The zero-order chi connectivity index (χ0) is 12.8. The third-order valence-electron chi connectivity index (χ3n) is 5.11. The Hall–Kier alpha value is -0.0800. The molecule has 1 aliphatic carbocycles. The van der Waals surface area contributed by atoms with Crippen LogP contribution in [0.3, 0.4) is 0 Å². The van der Waals surface area contributed by atoms with Crippen molar-refractivity contribution in [1.29, 1.82) is 0 Å². The van der Waals surface area contributed by atoms with Crippen LogP contribution in [0.25, 0.3) is 0 Å². The fourth-order valence-corrected chi connectivity index (χ4v) is 3.64. The molecule has 1 heterocycles. The van der Waals surface area contributed by atoms with Crippen molar-refractivity contribution in [2.24, 2.45) is 11.8 Å². The first kappa shape index (κ1) is 14.3. The monoisotopic (exact) mass is 252 g/mol. The maximum absolute atomic E-state index is 3.88. The van der Waals surface area contributed by atoms with Gasteiger partial charge in [-0.2, -0.15) is 0 Å². The van der Waals surface area contributed by atoms with Gasteiger partial charge in [-0.3, -0.25) is 0 Å². The third-order valence-corrected chi connectivity index (χ3v) is 5.11.